The van der Waals surface area contributed by atoms with Gasteiger partial charge < -0.3 is 15.1 Å². The number of nitrogens with zero attached hydrogens (tertiary/aromatic N) is 1. The molecule has 0 saturated carbocycles. The Kier molecular flexibility index (Phi) is 6.93. The number of hydrogen-bond donors (Lipinski definition) is 2. The second-order valence-corrected chi connectivity index (χ2v) is 7.03. The molecule has 1 aromatic rings. The number of piperazine rings is 1. The van der Waals surface area contributed by atoms with Gasteiger partial charge in [0.25, 0.3) is 5.91 Å². The Bertz CT molecular complexity index is 581. The van der Waals surface area contributed by atoms with Gasteiger partial charge in [0.05, 0.1) is 32.7 Å². The molecule has 1 aromatic carbocycles. The van der Waals surface area contributed by atoms with Gasteiger partial charge in [-0.25, -0.2) is 4.39 Å². The molecule has 138 valence electrons. The molecule has 1 heterocycles. The normalized spacial score (nSPS) is 16.8. The molecule has 2 N–H and O–H groups in total. The topological polar surface area (TPSA) is 53.9 Å². The number of benzene rings is 1. The molecular weight excluding hydrogens is 321 g/mol. The van der Waals surface area contributed by atoms with Crippen molar-refractivity contribution in [2.75, 3.05) is 32.7 Å². The van der Waals surface area contributed by atoms with Crippen LogP contribution in [0.2, 0.25) is 0 Å². The van der Waals surface area contributed by atoms with Gasteiger partial charge in [-0.2, -0.15) is 0 Å². The summed E-state index contributed by atoms with van der Waals surface area (Å²) in [5.74, 6) is -0.776. The maximum Gasteiger partial charge on any atom is 0.251 e. The summed E-state index contributed by atoms with van der Waals surface area (Å²) in [6, 6.07) is 4.79. The van der Waals surface area contributed by atoms with Crippen LogP contribution >= 0.6 is 0 Å². The molecule has 2 rings (SSSR count). The minimum Gasteiger partial charge on any atom is -0.340 e. The number of carbonyl (C=O) groups excluding carboxylic acids is 2. The number of rotatable bonds is 6. The highest BCUT2D eigenvalue weighted by Gasteiger charge is 2.31. The van der Waals surface area contributed by atoms with Crippen molar-refractivity contribution in [3.05, 3.63) is 35.6 Å². The van der Waals surface area contributed by atoms with Crippen LogP contribution in [0.25, 0.3) is 0 Å². The molecule has 0 aliphatic carbocycles. The first-order valence-corrected chi connectivity index (χ1v) is 9.11. The average molecular weight is 350 g/mol. The minimum absolute atomic E-state index is 0.0158. The summed E-state index contributed by atoms with van der Waals surface area (Å²) in [6.45, 7) is 10.5. The third kappa shape index (κ3) is 5.26. The Morgan fingerprint density at radius 3 is 2.32 bits per heavy atom. The molecule has 2 amide bonds. The first-order chi connectivity index (χ1) is 11.9. The predicted molar refractivity (Wildman–Crippen MR) is 94.9 cm³/mol. The van der Waals surface area contributed by atoms with E-state index >= 15 is 0 Å². The Balaban J connectivity index is 1.99. The largest absolute Gasteiger partial charge is 0.340 e. The van der Waals surface area contributed by atoms with Crippen LogP contribution in [0.5, 0.6) is 0 Å². The molecule has 0 unspecified atom stereocenters. The SMILES string of the molecule is CCC[NH+]1CCN(C(=O)[C@@H](NC(=O)c2ccc(F)cc2)C(C)C)CC1. The fraction of sp³-hybridized carbons (Fsp3) is 0.579. The van der Waals surface area contributed by atoms with E-state index in [-0.39, 0.29) is 23.5 Å². The third-order valence-corrected chi connectivity index (χ3v) is 4.71. The van der Waals surface area contributed by atoms with Crippen LogP contribution in [-0.2, 0) is 4.79 Å². The zero-order valence-corrected chi connectivity index (χ0v) is 15.3. The predicted octanol–water partition coefficient (Wildman–Crippen LogP) is 0.717. The molecule has 0 radical (unpaired) electrons. The third-order valence-electron chi connectivity index (χ3n) is 4.71. The maximum atomic E-state index is 13.0. The average Bonchev–Trinajstić information content (AvgIpc) is 2.60. The smallest absolute Gasteiger partial charge is 0.251 e. The van der Waals surface area contributed by atoms with Crippen LogP contribution < -0.4 is 10.2 Å². The first kappa shape index (κ1) is 19.4. The molecule has 1 aliphatic rings. The van der Waals surface area contributed by atoms with E-state index in [0.29, 0.717) is 5.56 Å². The van der Waals surface area contributed by atoms with Gasteiger partial charge in [-0.15, -0.1) is 0 Å². The van der Waals surface area contributed by atoms with Crippen LogP contribution in [-0.4, -0.2) is 55.5 Å². The fourth-order valence-corrected chi connectivity index (χ4v) is 3.18. The lowest BCUT2D eigenvalue weighted by molar-refractivity contribution is -0.904. The summed E-state index contributed by atoms with van der Waals surface area (Å²) in [5, 5.41) is 2.83. The molecule has 25 heavy (non-hydrogen) atoms. The quantitative estimate of drug-likeness (QED) is 0.794. The van der Waals surface area contributed by atoms with Crippen molar-refractivity contribution >= 4 is 11.8 Å². The summed E-state index contributed by atoms with van der Waals surface area (Å²) in [4.78, 5) is 28.6. The van der Waals surface area contributed by atoms with Gasteiger partial charge in [0.15, 0.2) is 0 Å². The fourth-order valence-electron chi connectivity index (χ4n) is 3.18. The highest BCUT2D eigenvalue weighted by molar-refractivity contribution is 5.97. The van der Waals surface area contributed by atoms with Gasteiger partial charge in [-0.05, 0) is 36.6 Å². The standard InChI is InChI=1S/C19H28FN3O2/c1-4-9-22-10-12-23(13-11-22)19(25)17(14(2)3)21-18(24)15-5-7-16(20)8-6-15/h5-8,14,17H,4,9-13H2,1-3H3,(H,21,24)/p+1/t17-/m0/s1. The zero-order valence-electron chi connectivity index (χ0n) is 15.3. The van der Waals surface area contributed by atoms with Gasteiger partial charge in [0.2, 0.25) is 5.91 Å². The van der Waals surface area contributed by atoms with E-state index in [2.05, 4.69) is 12.2 Å². The van der Waals surface area contributed by atoms with Crippen LogP contribution in [0.3, 0.4) is 0 Å². The second kappa shape index (κ2) is 8.94. The first-order valence-electron chi connectivity index (χ1n) is 9.11. The lowest BCUT2D eigenvalue weighted by atomic mass is 10.0. The molecule has 0 aromatic heterocycles. The molecule has 0 spiro atoms. The molecule has 1 saturated heterocycles. The van der Waals surface area contributed by atoms with Crippen molar-refractivity contribution < 1.29 is 18.9 Å². The Labute approximate surface area is 149 Å². The van der Waals surface area contributed by atoms with Crippen LogP contribution in [0.15, 0.2) is 24.3 Å². The number of carbonyl (C=O) groups is 2. The van der Waals surface area contributed by atoms with Crippen molar-refractivity contribution in [2.24, 2.45) is 5.92 Å². The number of quaternary nitrogens is 1. The van der Waals surface area contributed by atoms with E-state index in [1.807, 2.05) is 18.7 Å². The van der Waals surface area contributed by atoms with Crippen molar-refractivity contribution in [1.29, 1.82) is 0 Å². The Hall–Kier alpha value is -1.95. The van der Waals surface area contributed by atoms with Crippen LogP contribution in [0.1, 0.15) is 37.6 Å². The van der Waals surface area contributed by atoms with Gasteiger partial charge in [0.1, 0.15) is 11.9 Å². The zero-order chi connectivity index (χ0) is 18.4. The highest BCUT2D eigenvalue weighted by Crippen LogP contribution is 2.09. The summed E-state index contributed by atoms with van der Waals surface area (Å²) in [6.07, 6.45) is 1.14. The molecule has 1 aliphatic heterocycles. The summed E-state index contributed by atoms with van der Waals surface area (Å²) >= 11 is 0. The van der Waals surface area contributed by atoms with Crippen molar-refractivity contribution in [2.45, 2.75) is 33.2 Å². The van der Waals surface area contributed by atoms with Crippen molar-refractivity contribution in [3.8, 4) is 0 Å². The summed E-state index contributed by atoms with van der Waals surface area (Å²) in [5.41, 5.74) is 0.358. The van der Waals surface area contributed by atoms with Crippen LogP contribution in [0, 0.1) is 11.7 Å². The van der Waals surface area contributed by atoms with E-state index in [9.17, 15) is 14.0 Å². The van der Waals surface area contributed by atoms with E-state index in [1.54, 1.807) is 0 Å². The second-order valence-electron chi connectivity index (χ2n) is 7.03. The maximum absolute atomic E-state index is 13.0. The van der Waals surface area contributed by atoms with E-state index in [1.165, 1.54) is 29.2 Å². The lowest BCUT2D eigenvalue weighted by Crippen LogP contribution is -3.14. The van der Waals surface area contributed by atoms with Gasteiger partial charge >= 0.3 is 0 Å². The highest BCUT2D eigenvalue weighted by atomic mass is 19.1. The van der Waals surface area contributed by atoms with Crippen molar-refractivity contribution in [3.63, 3.8) is 0 Å². The van der Waals surface area contributed by atoms with Gasteiger partial charge in [-0.1, -0.05) is 20.8 Å². The van der Waals surface area contributed by atoms with Gasteiger partial charge in [0, 0.05) is 5.56 Å². The van der Waals surface area contributed by atoms with E-state index in [4.69, 9.17) is 0 Å². The molecular formula is C19H29FN3O2+. The Morgan fingerprint density at radius 1 is 1.20 bits per heavy atom. The molecule has 0 bridgehead atoms. The number of nitrogens with one attached hydrogen (secondary N) is 2. The number of hydrogen-bond acceptors (Lipinski definition) is 2. The lowest BCUT2D eigenvalue weighted by Gasteiger charge is -2.35. The monoisotopic (exact) mass is 350 g/mol. The van der Waals surface area contributed by atoms with E-state index < -0.39 is 6.04 Å². The molecule has 1 fully saturated rings. The summed E-state index contributed by atoms with van der Waals surface area (Å²) in [7, 11) is 0. The van der Waals surface area contributed by atoms with E-state index in [0.717, 1.165) is 39.1 Å². The molecule has 1 atom stereocenters. The Morgan fingerprint density at radius 2 is 1.80 bits per heavy atom. The van der Waals surface area contributed by atoms with Gasteiger partial charge in [-0.3, -0.25) is 9.59 Å². The molecule has 5 nitrogen and oxygen atoms in total. The minimum atomic E-state index is -0.565. The van der Waals surface area contributed by atoms with Crippen LogP contribution in [0.4, 0.5) is 4.39 Å². The van der Waals surface area contributed by atoms with Crippen molar-refractivity contribution in [1.82, 2.24) is 10.2 Å². The molecule has 6 heteroatoms. The number of amides is 2. The summed E-state index contributed by atoms with van der Waals surface area (Å²) < 4.78 is 13.0. The number of halogens is 1.